The Morgan fingerprint density at radius 1 is 1.22 bits per heavy atom. The molecule has 0 aromatic carbocycles. The summed E-state index contributed by atoms with van der Waals surface area (Å²) in [5.41, 5.74) is -1.09. The van der Waals surface area contributed by atoms with Crippen LogP contribution in [0.1, 0.15) is 66.7 Å². The minimum absolute atomic E-state index is 0.102. The zero-order valence-corrected chi connectivity index (χ0v) is 12.3. The smallest absolute Gasteiger partial charge is 0.329 e. The SMILES string of the molecule is CCCCCCC(C)(C(=O)O)N(C(C)=O)C(C)C. The highest BCUT2D eigenvalue weighted by Crippen LogP contribution is 2.26. The van der Waals surface area contributed by atoms with E-state index in [9.17, 15) is 14.7 Å². The summed E-state index contributed by atoms with van der Waals surface area (Å²) in [4.78, 5) is 24.7. The van der Waals surface area contributed by atoms with E-state index in [1.165, 1.54) is 11.8 Å². The Balaban J connectivity index is 4.88. The number of hydrogen-bond acceptors (Lipinski definition) is 2. The molecule has 1 amide bonds. The summed E-state index contributed by atoms with van der Waals surface area (Å²) in [5, 5.41) is 9.46. The monoisotopic (exact) mass is 257 g/mol. The molecule has 0 aliphatic carbocycles. The van der Waals surface area contributed by atoms with Crippen molar-refractivity contribution < 1.29 is 14.7 Å². The van der Waals surface area contributed by atoms with Crippen LogP contribution in [0.3, 0.4) is 0 Å². The van der Waals surface area contributed by atoms with Gasteiger partial charge in [0.1, 0.15) is 5.54 Å². The van der Waals surface area contributed by atoms with Gasteiger partial charge in [-0.2, -0.15) is 0 Å². The molecule has 0 spiro atoms. The first-order valence-corrected chi connectivity index (χ1v) is 6.80. The summed E-state index contributed by atoms with van der Waals surface area (Å²) < 4.78 is 0. The molecule has 1 N–H and O–H groups in total. The first-order chi connectivity index (χ1) is 8.27. The predicted molar refractivity (Wildman–Crippen MR) is 72.5 cm³/mol. The van der Waals surface area contributed by atoms with Crippen molar-refractivity contribution in [3.05, 3.63) is 0 Å². The predicted octanol–water partition coefficient (Wildman–Crippen LogP) is 3.06. The Morgan fingerprint density at radius 2 is 1.78 bits per heavy atom. The van der Waals surface area contributed by atoms with Gasteiger partial charge in [-0.3, -0.25) is 4.79 Å². The van der Waals surface area contributed by atoms with Gasteiger partial charge in [-0.15, -0.1) is 0 Å². The molecule has 0 saturated heterocycles. The molecule has 0 saturated carbocycles. The number of amides is 1. The van der Waals surface area contributed by atoms with Crippen LogP contribution < -0.4 is 0 Å². The Bertz CT molecular complexity index is 289. The van der Waals surface area contributed by atoms with Gasteiger partial charge in [0.05, 0.1) is 0 Å². The largest absolute Gasteiger partial charge is 0.480 e. The molecular weight excluding hydrogens is 230 g/mol. The van der Waals surface area contributed by atoms with Crippen LogP contribution in [0.5, 0.6) is 0 Å². The molecule has 0 aromatic heterocycles. The highest BCUT2D eigenvalue weighted by molar-refractivity contribution is 5.85. The number of carboxylic acid groups (broad SMARTS) is 1. The molecule has 106 valence electrons. The van der Waals surface area contributed by atoms with Gasteiger partial charge in [-0.1, -0.05) is 32.6 Å². The molecule has 4 nitrogen and oxygen atoms in total. The van der Waals surface area contributed by atoms with E-state index in [0.29, 0.717) is 6.42 Å². The second-order valence-electron chi connectivity index (χ2n) is 5.37. The van der Waals surface area contributed by atoms with Crippen LogP contribution in [0.25, 0.3) is 0 Å². The second kappa shape index (κ2) is 7.39. The van der Waals surface area contributed by atoms with E-state index >= 15 is 0 Å². The number of aliphatic carboxylic acids is 1. The third kappa shape index (κ3) is 4.31. The lowest BCUT2D eigenvalue weighted by molar-refractivity contribution is -0.160. The van der Waals surface area contributed by atoms with Gasteiger partial charge in [0.15, 0.2) is 0 Å². The summed E-state index contributed by atoms with van der Waals surface area (Å²) in [6, 6.07) is -0.102. The Morgan fingerprint density at radius 3 is 2.11 bits per heavy atom. The molecule has 0 bridgehead atoms. The molecule has 0 rings (SSSR count). The van der Waals surface area contributed by atoms with Crippen molar-refractivity contribution >= 4 is 11.9 Å². The van der Waals surface area contributed by atoms with Crippen molar-refractivity contribution in [2.75, 3.05) is 0 Å². The number of rotatable bonds is 8. The Labute approximate surface area is 110 Å². The third-order valence-corrected chi connectivity index (χ3v) is 3.37. The van der Waals surface area contributed by atoms with Crippen molar-refractivity contribution in [3.63, 3.8) is 0 Å². The first-order valence-electron chi connectivity index (χ1n) is 6.80. The van der Waals surface area contributed by atoms with Gasteiger partial charge >= 0.3 is 5.97 Å². The molecule has 0 aromatic rings. The highest BCUT2D eigenvalue weighted by Gasteiger charge is 2.41. The Kier molecular flexibility index (Phi) is 6.96. The number of carbonyl (C=O) groups excluding carboxylic acids is 1. The summed E-state index contributed by atoms with van der Waals surface area (Å²) in [7, 11) is 0. The quantitative estimate of drug-likeness (QED) is 0.680. The van der Waals surface area contributed by atoms with Gasteiger partial charge in [0, 0.05) is 13.0 Å². The van der Waals surface area contributed by atoms with Crippen LogP contribution >= 0.6 is 0 Å². The highest BCUT2D eigenvalue weighted by atomic mass is 16.4. The lowest BCUT2D eigenvalue weighted by Crippen LogP contribution is -2.57. The minimum atomic E-state index is -1.09. The summed E-state index contributed by atoms with van der Waals surface area (Å²) in [5.74, 6) is -1.09. The van der Waals surface area contributed by atoms with E-state index in [1.54, 1.807) is 6.92 Å². The topological polar surface area (TPSA) is 57.6 Å². The molecular formula is C14H27NO3. The van der Waals surface area contributed by atoms with Crippen molar-refractivity contribution in [1.29, 1.82) is 0 Å². The fraction of sp³-hybridized carbons (Fsp3) is 0.857. The van der Waals surface area contributed by atoms with E-state index < -0.39 is 11.5 Å². The molecule has 0 aliphatic rings. The number of carboxylic acids is 1. The van der Waals surface area contributed by atoms with Crippen LogP contribution in [0.2, 0.25) is 0 Å². The van der Waals surface area contributed by atoms with Crippen LogP contribution in [0.15, 0.2) is 0 Å². The lowest BCUT2D eigenvalue weighted by atomic mass is 9.90. The molecule has 18 heavy (non-hydrogen) atoms. The van der Waals surface area contributed by atoms with E-state index in [4.69, 9.17) is 0 Å². The fourth-order valence-corrected chi connectivity index (χ4v) is 2.51. The molecule has 1 atom stereocenters. The zero-order chi connectivity index (χ0) is 14.3. The second-order valence-corrected chi connectivity index (χ2v) is 5.37. The summed E-state index contributed by atoms with van der Waals surface area (Å²) in [6.07, 6.45) is 4.60. The molecule has 4 heteroatoms. The van der Waals surface area contributed by atoms with E-state index in [2.05, 4.69) is 6.92 Å². The van der Waals surface area contributed by atoms with Crippen LogP contribution in [0.4, 0.5) is 0 Å². The van der Waals surface area contributed by atoms with E-state index in [0.717, 1.165) is 25.7 Å². The average molecular weight is 257 g/mol. The summed E-state index contributed by atoms with van der Waals surface area (Å²) >= 11 is 0. The maximum atomic E-state index is 11.7. The van der Waals surface area contributed by atoms with E-state index in [-0.39, 0.29) is 11.9 Å². The maximum absolute atomic E-state index is 11.7. The van der Waals surface area contributed by atoms with E-state index in [1.807, 2.05) is 13.8 Å². The van der Waals surface area contributed by atoms with Crippen molar-refractivity contribution in [2.45, 2.75) is 78.3 Å². The standard InChI is InChI=1S/C14H27NO3/c1-6-7-8-9-10-14(5,13(17)18)15(11(2)3)12(4)16/h11H,6-10H2,1-5H3,(H,17,18). The number of unbranched alkanes of at least 4 members (excludes halogenated alkanes) is 3. The minimum Gasteiger partial charge on any atom is -0.480 e. The molecule has 1 unspecified atom stereocenters. The first kappa shape index (κ1) is 16.9. The number of nitrogens with zero attached hydrogens (tertiary/aromatic N) is 1. The van der Waals surface area contributed by atoms with Crippen molar-refractivity contribution in [3.8, 4) is 0 Å². The normalized spacial score (nSPS) is 14.3. The van der Waals surface area contributed by atoms with Gasteiger partial charge in [-0.25, -0.2) is 4.79 Å². The maximum Gasteiger partial charge on any atom is 0.329 e. The van der Waals surface area contributed by atoms with Gasteiger partial charge < -0.3 is 10.0 Å². The third-order valence-electron chi connectivity index (χ3n) is 3.37. The molecule has 0 fully saturated rings. The van der Waals surface area contributed by atoms with Crippen LogP contribution in [-0.4, -0.2) is 33.5 Å². The molecule has 0 aliphatic heterocycles. The van der Waals surface area contributed by atoms with Crippen LogP contribution in [-0.2, 0) is 9.59 Å². The number of hydrogen-bond donors (Lipinski definition) is 1. The van der Waals surface area contributed by atoms with Gasteiger partial charge in [0.2, 0.25) is 5.91 Å². The lowest BCUT2D eigenvalue weighted by Gasteiger charge is -2.40. The fourth-order valence-electron chi connectivity index (χ4n) is 2.51. The zero-order valence-electron chi connectivity index (χ0n) is 12.3. The average Bonchev–Trinajstić information content (AvgIpc) is 2.23. The Hall–Kier alpha value is -1.06. The van der Waals surface area contributed by atoms with Crippen LogP contribution in [0, 0.1) is 0 Å². The van der Waals surface area contributed by atoms with Crippen molar-refractivity contribution in [1.82, 2.24) is 4.90 Å². The summed E-state index contributed by atoms with van der Waals surface area (Å²) in [6.45, 7) is 8.92. The molecule has 0 radical (unpaired) electrons. The van der Waals surface area contributed by atoms with Crippen molar-refractivity contribution in [2.24, 2.45) is 0 Å². The molecule has 0 heterocycles. The number of carbonyl (C=O) groups is 2. The van der Waals surface area contributed by atoms with Gasteiger partial charge in [-0.05, 0) is 27.2 Å². The van der Waals surface area contributed by atoms with Gasteiger partial charge in [0.25, 0.3) is 0 Å².